The number of fused-ring (bicyclic) bond motifs is 8. The minimum absolute atomic E-state index is 0.0937. The average molecular weight is 698 g/mol. The summed E-state index contributed by atoms with van der Waals surface area (Å²) >= 11 is 0. The Hall–Kier alpha value is -2.80. The second kappa shape index (κ2) is 11.7. The molecule has 21 heteroatoms. The van der Waals surface area contributed by atoms with Gasteiger partial charge in [-0.2, -0.15) is 13.9 Å². The SMILES string of the molecule is Nc1ncnc2c1ncn2C1C[C@@H]2O[P+](N)(O)OCC3C[C@@H](OP(=O)(O)OC[C@H]2O1)C([C@H]1CC2C=C(F)c4c(nc[nH]c4=O)C1C2)O3. The number of rotatable bonds is 2. The standard InChI is InChI=1S/C26H31FN8O10P2/c27-15-3-11-1-13(21-20(15)26(36)33-8-30-21)14(2-11)23-17-4-12(42-23)6-40-46(29,37)44-16-5-19(43-18(16)7-41-47(38,39)45-17)35-10-34-22-24(28)31-9-32-25(22)35/h3,8-14,16-19,23,37H,1-2,4-7,29H2,(H3-,28,30,31,32,33,36,38,39)/p+1/t11?,12?,13?,14-,16-,17+,18+,19?,23?,46?/m0/s1. The Morgan fingerprint density at radius 3 is 2.79 bits per heavy atom. The van der Waals surface area contributed by atoms with Crippen molar-refractivity contribution in [1.82, 2.24) is 29.5 Å². The normalized spacial score (nSPS) is 40.5. The lowest BCUT2D eigenvalue weighted by Gasteiger charge is -2.31. The van der Waals surface area contributed by atoms with Crippen molar-refractivity contribution in [3.05, 3.63) is 46.7 Å². The maximum atomic E-state index is 15.0. The van der Waals surface area contributed by atoms with Crippen LogP contribution < -0.4 is 16.8 Å². The Labute approximate surface area is 265 Å². The maximum Gasteiger partial charge on any atom is 0.496 e. The summed E-state index contributed by atoms with van der Waals surface area (Å²) in [7, 11) is -8.72. The number of nitrogens with two attached hydrogens (primary N) is 2. The van der Waals surface area contributed by atoms with E-state index in [0.717, 1.165) is 0 Å². The van der Waals surface area contributed by atoms with Gasteiger partial charge in [0.15, 0.2) is 11.5 Å². The number of phosphoric ester groups is 1. The Kier molecular flexibility index (Phi) is 7.81. The molecule has 8 rings (SSSR count). The van der Waals surface area contributed by atoms with Gasteiger partial charge in [0.25, 0.3) is 5.56 Å². The van der Waals surface area contributed by atoms with Gasteiger partial charge >= 0.3 is 15.9 Å². The number of phosphoric acid groups is 1. The topological polar surface area (TPSA) is 254 Å². The maximum absolute atomic E-state index is 15.0. The number of aromatic nitrogens is 6. The van der Waals surface area contributed by atoms with Crippen LogP contribution in [0.2, 0.25) is 0 Å². The van der Waals surface area contributed by atoms with Crippen LogP contribution in [0.1, 0.15) is 49.1 Å². The van der Waals surface area contributed by atoms with Gasteiger partial charge in [0.2, 0.25) is 0 Å². The van der Waals surface area contributed by atoms with Gasteiger partial charge in [0.1, 0.15) is 42.7 Å². The first-order valence-corrected chi connectivity index (χ1v) is 18.2. The van der Waals surface area contributed by atoms with Crippen molar-refractivity contribution < 1.29 is 46.3 Å². The van der Waals surface area contributed by atoms with Crippen LogP contribution in [0, 0.1) is 11.8 Å². The molecule has 11 atom stereocenters. The molecule has 4 fully saturated rings. The van der Waals surface area contributed by atoms with Gasteiger partial charge in [-0.05, 0) is 30.8 Å². The summed E-state index contributed by atoms with van der Waals surface area (Å²) in [4.78, 5) is 53.7. The molecule has 2 aliphatic carbocycles. The quantitative estimate of drug-likeness (QED) is 0.238. The number of hydrogen-bond donors (Lipinski definition) is 5. The summed E-state index contributed by atoms with van der Waals surface area (Å²) in [6, 6.07) is 0. The first kappa shape index (κ1) is 31.5. The number of aromatic amines is 1. The van der Waals surface area contributed by atoms with Crippen LogP contribution in [0.3, 0.4) is 0 Å². The summed E-state index contributed by atoms with van der Waals surface area (Å²) in [5, 5.41) is 0. The summed E-state index contributed by atoms with van der Waals surface area (Å²) < 4.78 is 65.2. The van der Waals surface area contributed by atoms with Crippen LogP contribution in [0.15, 0.2) is 29.9 Å². The van der Waals surface area contributed by atoms with Crippen LogP contribution >= 0.6 is 15.9 Å². The van der Waals surface area contributed by atoms with Gasteiger partial charge in [-0.15, -0.1) is 5.50 Å². The number of nitrogen functional groups attached to an aromatic ring is 1. The molecule has 0 spiro atoms. The lowest BCUT2D eigenvalue weighted by Crippen LogP contribution is -2.35. The van der Waals surface area contributed by atoms with E-state index in [2.05, 4.69) is 24.9 Å². The monoisotopic (exact) mass is 697 g/mol. The number of hydrogen-bond acceptors (Lipinski definition) is 15. The number of H-pyrrole nitrogens is 1. The average Bonchev–Trinajstić information content (AvgIpc) is 3.78. The Bertz CT molecular complexity index is 1840. The molecule has 18 nitrogen and oxygen atoms in total. The smallest absolute Gasteiger partial charge is 0.382 e. The number of nitrogens with zero attached hydrogens (tertiary/aromatic N) is 5. The Morgan fingerprint density at radius 1 is 1.09 bits per heavy atom. The molecule has 6 heterocycles. The zero-order chi connectivity index (χ0) is 32.7. The van der Waals surface area contributed by atoms with E-state index < -0.39 is 76.6 Å². The van der Waals surface area contributed by atoms with Crippen molar-refractivity contribution in [2.45, 2.75) is 68.3 Å². The highest BCUT2D eigenvalue weighted by molar-refractivity contribution is 7.58. The molecule has 5 aliphatic rings. The first-order chi connectivity index (χ1) is 22.4. The largest absolute Gasteiger partial charge is 0.496 e. The van der Waals surface area contributed by atoms with Crippen molar-refractivity contribution in [3.8, 4) is 0 Å². The van der Waals surface area contributed by atoms with E-state index in [-0.39, 0.29) is 42.7 Å². The summed E-state index contributed by atoms with van der Waals surface area (Å²) in [5.74, 6) is -1.45. The number of anilines is 1. The number of halogens is 1. The van der Waals surface area contributed by atoms with Gasteiger partial charge < -0.3 is 25.1 Å². The van der Waals surface area contributed by atoms with E-state index in [9.17, 15) is 19.1 Å². The third-order valence-corrected chi connectivity index (χ3v) is 11.5. The molecule has 4 bridgehead atoms. The third-order valence-electron chi connectivity index (χ3n) is 9.42. The molecular formula is C26H32FN8O10P2+. The van der Waals surface area contributed by atoms with E-state index in [1.165, 1.54) is 25.1 Å². The van der Waals surface area contributed by atoms with Crippen molar-refractivity contribution in [2.75, 3.05) is 18.9 Å². The number of nitrogens with one attached hydrogen (secondary N) is 1. The molecular weight excluding hydrogens is 665 g/mol. The lowest BCUT2D eigenvalue weighted by atomic mass is 9.84. The van der Waals surface area contributed by atoms with Crippen LogP contribution in [0.25, 0.3) is 17.0 Å². The van der Waals surface area contributed by atoms with Crippen LogP contribution in [-0.2, 0) is 32.1 Å². The number of ether oxygens (including phenoxy) is 2. The molecule has 1 saturated carbocycles. The predicted octanol–water partition coefficient (Wildman–Crippen LogP) is 1.62. The zero-order valence-electron chi connectivity index (χ0n) is 24.6. The lowest BCUT2D eigenvalue weighted by molar-refractivity contribution is -0.0620. The van der Waals surface area contributed by atoms with Gasteiger partial charge in [-0.3, -0.25) is 18.4 Å². The van der Waals surface area contributed by atoms with Crippen molar-refractivity contribution in [2.24, 2.45) is 17.3 Å². The van der Waals surface area contributed by atoms with E-state index >= 15 is 4.39 Å². The van der Waals surface area contributed by atoms with E-state index in [4.69, 9.17) is 38.8 Å². The fraction of sp³-hybridized carbons (Fsp3) is 0.577. The molecule has 3 aromatic rings. The third kappa shape index (κ3) is 5.82. The Balaban J connectivity index is 1.05. The van der Waals surface area contributed by atoms with Gasteiger partial charge in [0.05, 0.1) is 48.8 Å². The fourth-order valence-electron chi connectivity index (χ4n) is 7.48. The molecule has 0 aromatic carbocycles. The van der Waals surface area contributed by atoms with Gasteiger partial charge in [-0.25, -0.2) is 28.9 Å². The molecule has 3 aliphatic heterocycles. The second-order valence-corrected chi connectivity index (χ2v) is 15.3. The van der Waals surface area contributed by atoms with Crippen LogP contribution in [0.4, 0.5) is 10.2 Å². The first-order valence-electron chi connectivity index (χ1n) is 15.0. The number of allylic oxidation sites excluding steroid dienone is 1. The highest BCUT2D eigenvalue weighted by atomic mass is 31.2. The van der Waals surface area contributed by atoms with Crippen LogP contribution in [0.5, 0.6) is 0 Å². The van der Waals surface area contributed by atoms with Crippen molar-refractivity contribution in [3.63, 3.8) is 0 Å². The summed E-state index contributed by atoms with van der Waals surface area (Å²) in [6.45, 7) is -0.694. The number of imidazole rings is 1. The Morgan fingerprint density at radius 2 is 1.94 bits per heavy atom. The van der Waals surface area contributed by atoms with Crippen LogP contribution in [-0.4, -0.2) is 83.0 Å². The highest BCUT2D eigenvalue weighted by Gasteiger charge is 2.54. The highest BCUT2D eigenvalue weighted by Crippen LogP contribution is 2.57. The summed E-state index contributed by atoms with van der Waals surface area (Å²) in [5.41, 5.74) is 12.4. The van der Waals surface area contributed by atoms with Crippen molar-refractivity contribution in [1.29, 1.82) is 0 Å². The minimum Gasteiger partial charge on any atom is -0.382 e. The minimum atomic E-state index is -4.74. The van der Waals surface area contributed by atoms with Crippen molar-refractivity contribution >= 4 is 38.7 Å². The van der Waals surface area contributed by atoms with Gasteiger partial charge in [0, 0.05) is 18.8 Å². The molecule has 0 radical (unpaired) electrons. The zero-order valence-corrected chi connectivity index (χ0v) is 26.4. The van der Waals surface area contributed by atoms with Gasteiger partial charge in [-0.1, -0.05) is 0 Å². The predicted molar refractivity (Wildman–Crippen MR) is 159 cm³/mol. The molecule has 47 heavy (non-hydrogen) atoms. The van der Waals surface area contributed by atoms with E-state index in [0.29, 0.717) is 29.7 Å². The summed E-state index contributed by atoms with van der Waals surface area (Å²) in [6.07, 6.45) is 1.39. The second-order valence-electron chi connectivity index (χ2n) is 12.3. The fourth-order valence-corrected chi connectivity index (χ4v) is 9.48. The molecule has 7 N–H and O–H groups in total. The molecule has 7 unspecified atom stereocenters. The molecule has 3 aromatic heterocycles. The molecule has 0 amide bonds. The van der Waals surface area contributed by atoms with E-state index in [1.54, 1.807) is 4.57 Å². The molecule has 3 saturated heterocycles. The van der Waals surface area contributed by atoms with E-state index in [1.807, 2.05) is 0 Å². The molecule has 252 valence electrons.